The number of nitro groups is 1. The van der Waals surface area contributed by atoms with Gasteiger partial charge in [0.15, 0.2) is 0 Å². The second-order valence-electron chi connectivity index (χ2n) is 6.64. The van der Waals surface area contributed by atoms with Crippen molar-refractivity contribution < 1.29 is 14.5 Å². The van der Waals surface area contributed by atoms with Crippen LogP contribution < -0.4 is 9.64 Å². The molecule has 0 unspecified atom stereocenters. The highest BCUT2D eigenvalue weighted by Gasteiger charge is 2.26. The maximum Gasteiger partial charge on any atom is 0.270 e. The number of hydrogen-bond donors (Lipinski definition) is 0. The number of nitrogens with zero attached hydrogens (tertiary/aromatic N) is 3. The van der Waals surface area contributed by atoms with Crippen LogP contribution in [0.1, 0.15) is 21.5 Å². The van der Waals surface area contributed by atoms with Gasteiger partial charge < -0.3 is 14.5 Å². The molecular weight excluding hydrogens is 346 g/mol. The van der Waals surface area contributed by atoms with E-state index < -0.39 is 4.92 Å². The number of hydrogen-bond acceptors (Lipinski definition) is 5. The molecule has 0 saturated carbocycles. The fourth-order valence-corrected chi connectivity index (χ4v) is 3.38. The summed E-state index contributed by atoms with van der Waals surface area (Å²) in [5.74, 6) is 0.110. The maximum absolute atomic E-state index is 12.9. The van der Waals surface area contributed by atoms with E-state index in [0.29, 0.717) is 31.9 Å². The molecule has 2 aromatic carbocycles. The highest BCUT2D eigenvalue weighted by molar-refractivity contribution is 5.97. The number of anilines is 1. The van der Waals surface area contributed by atoms with Gasteiger partial charge in [0.2, 0.25) is 0 Å². The van der Waals surface area contributed by atoms with E-state index in [2.05, 4.69) is 30.9 Å². The summed E-state index contributed by atoms with van der Waals surface area (Å²) in [6, 6.07) is 10.3. The summed E-state index contributed by atoms with van der Waals surface area (Å²) >= 11 is 0. The van der Waals surface area contributed by atoms with Gasteiger partial charge in [0.05, 0.1) is 17.6 Å². The molecule has 1 amide bonds. The minimum Gasteiger partial charge on any atom is -0.496 e. The predicted octanol–water partition coefficient (Wildman–Crippen LogP) is 3.18. The Kier molecular flexibility index (Phi) is 5.30. The van der Waals surface area contributed by atoms with E-state index in [0.717, 1.165) is 0 Å². The third-order valence-corrected chi connectivity index (χ3v) is 5.11. The summed E-state index contributed by atoms with van der Waals surface area (Å²) in [4.78, 5) is 27.5. The molecule has 7 nitrogen and oxygen atoms in total. The molecule has 142 valence electrons. The van der Waals surface area contributed by atoms with Crippen molar-refractivity contribution >= 4 is 17.3 Å². The first-order valence-electron chi connectivity index (χ1n) is 8.85. The Morgan fingerprint density at radius 1 is 1.11 bits per heavy atom. The molecule has 27 heavy (non-hydrogen) atoms. The molecule has 0 atom stereocenters. The van der Waals surface area contributed by atoms with Gasteiger partial charge in [-0.15, -0.1) is 0 Å². The summed E-state index contributed by atoms with van der Waals surface area (Å²) < 4.78 is 5.23. The number of benzene rings is 2. The highest BCUT2D eigenvalue weighted by Crippen LogP contribution is 2.27. The van der Waals surface area contributed by atoms with Crippen molar-refractivity contribution in [2.24, 2.45) is 0 Å². The molecule has 0 radical (unpaired) electrons. The molecule has 1 heterocycles. The van der Waals surface area contributed by atoms with Gasteiger partial charge in [-0.3, -0.25) is 14.9 Å². The van der Waals surface area contributed by atoms with E-state index in [1.54, 1.807) is 4.90 Å². The molecule has 1 saturated heterocycles. The van der Waals surface area contributed by atoms with Crippen molar-refractivity contribution in [2.45, 2.75) is 13.8 Å². The Bertz CT molecular complexity index is 874. The molecule has 7 heteroatoms. The first-order valence-corrected chi connectivity index (χ1v) is 8.85. The van der Waals surface area contributed by atoms with Gasteiger partial charge in [-0.1, -0.05) is 12.1 Å². The second kappa shape index (κ2) is 7.65. The highest BCUT2D eigenvalue weighted by atomic mass is 16.6. The van der Waals surface area contributed by atoms with Crippen molar-refractivity contribution in [1.29, 1.82) is 0 Å². The van der Waals surface area contributed by atoms with E-state index in [-0.39, 0.29) is 17.2 Å². The van der Waals surface area contributed by atoms with Gasteiger partial charge in [0, 0.05) is 44.0 Å². The molecule has 0 aromatic heterocycles. The van der Waals surface area contributed by atoms with Crippen molar-refractivity contribution in [3.05, 3.63) is 63.2 Å². The molecule has 0 N–H and O–H groups in total. The molecular formula is C20H23N3O4. The lowest BCUT2D eigenvalue weighted by Crippen LogP contribution is -2.49. The number of non-ortho nitro benzene ring substituents is 1. The molecule has 1 aliphatic heterocycles. The Balaban J connectivity index is 1.76. The zero-order valence-electron chi connectivity index (χ0n) is 15.8. The van der Waals surface area contributed by atoms with Gasteiger partial charge in [-0.05, 0) is 37.1 Å². The summed E-state index contributed by atoms with van der Waals surface area (Å²) in [6.07, 6.45) is 0. The Morgan fingerprint density at radius 3 is 2.44 bits per heavy atom. The summed E-state index contributed by atoms with van der Waals surface area (Å²) in [6.45, 7) is 6.74. The molecule has 0 spiro atoms. The molecule has 0 bridgehead atoms. The van der Waals surface area contributed by atoms with E-state index in [1.807, 2.05) is 6.07 Å². The second-order valence-corrected chi connectivity index (χ2v) is 6.64. The molecule has 0 aliphatic carbocycles. The van der Waals surface area contributed by atoms with Crippen LogP contribution in [0.15, 0.2) is 36.4 Å². The van der Waals surface area contributed by atoms with Crippen LogP contribution in [0.2, 0.25) is 0 Å². The topological polar surface area (TPSA) is 75.9 Å². The van der Waals surface area contributed by atoms with Crippen molar-refractivity contribution in [1.82, 2.24) is 4.90 Å². The zero-order chi connectivity index (χ0) is 19.6. The Hall–Kier alpha value is -3.09. The van der Waals surface area contributed by atoms with Crippen molar-refractivity contribution in [3.8, 4) is 5.75 Å². The van der Waals surface area contributed by atoms with Crippen molar-refractivity contribution in [3.63, 3.8) is 0 Å². The van der Waals surface area contributed by atoms with Crippen molar-refractivity contribution in [2.75, 3.05) is 38.2 Å². The fraction of sp³-hybridized carbons (Fsp3) is 0.350. The number of aryl methyl sites for hydroxylation is 1. The van der Waals surface area contributed by atoms with E-state index in [4.69, 9.17) is 4.74 Å². The van der Waals surface area contributed by atoms with Gasteiger partial charge in [0.1, 0.15) is 5.75 Å². The standard InChI is InChI=1S/C20H23N3O4/c1-14-5-4-6-18(15(14)2)21-9-11-22(12-10-21)20(24)17-13-16(23(25)26)7-8-19(17)27-3/h4-8,13H,9-12H2,1-3H3. The first kappa shape index (κ1) is 18.7. The Labute approximate surface area is 158 Å². The third-order valence-electron chi connectivity index (χ3n) is 5.11. The number of rotatable bonds is 4. The lowest BCUT2D eigenvalue weighted by atomic mass is 10.1. The van der Waals surface area contributed by atoms with Gasteiger partial charge in [-0.2, -0.15) is 0 Å². The maximum atomic E-state index is 12.9. The van der Waals surface area contributed by atoms with Crippen LogP contribution in [0.5, 0.6) is 5.75 Å². The predicted molar refractivity (Wildman–Crippen MR) is 104 cm³/mol. The minimum atomic E-state index is -0.505. The number of carbonyl (C=O) groups excluding carboxylic acids is 1. The SMILES string of the molecule is COc1ccc([N+](=O)[O-])cc1C(=O)N1CCN(c2cccc(C)c2C)CC1. The molecule has 2 aromatic rings. The van der Waals surface area contributed by atoms with Crippen LogP contribution >= 0.6 is 0 Å². The summed E-state index contributed by atoms with van der Waals surface area (Å²) in [7, 11) is 1.45. The van der Waals surface area contributed by atoms with Gasteiger partial charge >= 0.3 is 0 Å². The largest absolute Gasteiger partial charge is 0.496 e. The summed E-state index contributed by atoms with van der Waals surface area (Å²) in [5.41, 5.74) is 3.79. The summed E-state index contributed by atoms with van der Waals surface area (Å²) in [5, 5.41) is 11.0. The molecule has 1 fully saturated rings. The van der Waals surface area contributed by atoms with Crippen LogP contribution in [0.25, 0.3) is 0 Å². The lowest BCUT2D eigenvalue weighted by molar-refractivity contribution is -0.384. The van der Waals surface area contributed by atoms with Crippen LogP contribution in [0.4, 0.5) is 11.4 Å². The van der Waals surface area contributed by atoms with Crippen LogP contribution in [0.3, 0.4) is 0 Å². The number of nitro benzene ring substituents is 1. The lowest BCUT2D eigenvalue weighted by Gasteiger charge is -2.37. The fourth-order valence-electron chi connectivity index (χ4n) is 3.38. The van der Waals surface area contributed by atoms with Crippen LogP contribution in [-0.4, -0.2) is 49.0 Å². The monoisotopic (exact) mass is 369 g/mol. The minimum absolute atomic E-state index is 0.117. The smallest absolute Gasteiger partial charge is 0.270 e. The Morgan fingerprint density at radius 2 is 1.81 bits per heavy atom. The quantitative estimate of drug-likeness (QED) is 0.611. The third kappa shape index (κ3) is 3.72. The molecule has 3 rings (SSSR count). The number of methoxy groups -OCH3 is 1. The number of carbonyl (C=O) groups is 1. The van der Waals surface area contributed by atoms with E-state index >= 15 is 0 Å². The van der Waals surface area contributed by atoms with Gasteiger partial charge in [0.25, 0.3) is 11.6 Å². The van der Waals surface area contributed by atoms with Crippen LogP contribution in [0, 0.1) is 24.0 Å². The number of amides is 1. The van der Waals surface area contributed by atoms with Gasteiger partial charge in [-0.25, -0.2) is 0 Å². The normalized spacial score (nSPS) is 14.2. The first-order chi connectivity index (χ1) is 12.9. The molecule has 1 aliphatic rings. The average Bonchev–Trinajstić information content (AvgIpc) is 2.69. The number of piperazine rings is 1. The van der Waals surface area contributed by atoms with Crippen LogP contribution in [-0.2, 0) is 0 Å². The van der Waals surface area contributed by atoms with E-state index in [1.165, 1.54) is 42.1 Å². The number of ether oxygens (including phenoxy) is 1. The van der Waals surface area contributed by atoms with E-state index in [9.17, 15) is 14.9 Å². The average molecular weight is 369 g/mol. The zero-order valence-corrected chi connectivity index (χ0v) is 15.8.